The molecule has 0 aliphatic carbocycles. The summed E-state index contributed by atoms with van der Waals surface area (Å²) in [6, 6.07) is 22.3. The molecule has 2 amide bonds. The maximum Gasteiger partial charge on any atom is 0.513 e. The van der Waals surface area contributed by atoms with Crippen molar-refractivity contribution in [1.82, 2.24) is 5.32 Å². The Morgan fingerprint density at radius 2 is 1.52 bits per heavy atom. The number of hydrogen-bond acceptors (Lipinski definition) is 6. The number of benzene rings is 3. The van der Waals surface area contributed by atoms with Crippen molar-refractivity contribution in [3.63, 3.8) is 0 Å². The Balaban J connectivity index is 1.54. The van der Waals surface area contributed by atoms with E-state index < -0.39 is 6.16 Å². The number of ether oxygens (including phenoxy) is 3. The first-order valence-electron chi connectivity index (χ1n) is 10.3. The highest BCUT2D eigenvalue weighted by Gasteiger charge is 2.11. The molecule has 0 radical (unpaired) electrons. The molecule has 0 fully saturated rings. The van der Waals surface area contributed by atoms with Crippen LogP contribution in [0.5, 0.6) is 11.5 Å². The summed E-state index contributed by atoms with van der Waals surface area (Å²) in [7, 11) is 0. The Morgan fingerprint density at radius 1 is 0.818 bits per heavy atom. The van der Waals surface area contributed by atoms with Crippen molar-refractivity contribution in [1.29, 1.82) is 0 Å². The fourth-order valence-electron chi connectivity index (χ4n) is 2.82. The van der Waals surface area contributed by atoms with Gasteiger partial charge in [0.15, 0.2) is 6.61 Å². The Morgan fingerprint density at radius 3 is 2.24 bits per heavy atom. The van der Waals surface area contributed by atoms with Crippen LogP contribution in [0, 0.1) is 0 Å². The van der Waals surface area contributed by atoms with Gasteiger partial charge in [0.2, 0.25) is 0 Å². The largest absolute Gasteiger partial charge is 0.513 e. The van der Waals surface area contributed by atoms with Gasteiger partial charge in [-0.3, -0.25) is 9.59 Å². The SMILES string of the molecule is CCOC(=O)Oc1ccc(C(=O)Nc2ccccc2CNC(=O)COc2ccccc2)cc1. The molecule has 0 heterocycles. The van der Waals surface area contributed by atoms with Gasteiger partial charge in [0.25, 0.3) is 11.8 Å². The maximum absolute atomic E-state index is 12.6. The van der Waals surface area contributed by atoms with Crippen LogP contribution in [0.1, 0.15) is 22.8 Å². The Labute approximate surface area is 191 Å². The van der Waals surface area contributed by atoms with Gasteiger partial charge in [-0.25, -0.2) is 4.79 Å². The second-order valence-corrected chi connectivity index (χ2v) is 6.80. The molecule has 0 aromatic heterocycles. The molecule has 3 aromatic rings. The molecular weight excluding hydrogens is 424 g/mol. The third-order valence-corrected chi connectivity index (χ3v) is 4.43. The number of anilines is 1. The molecule has 0 aliphatic rings. The van der Waals surface area contributed by atoms with Gasteiger partial charge in [0.05, 0.1) is 6.61 Å². The number of nitrogens with one attached hydrogen (secondary N) is 2. The monoisotopic (exact) mass is 448 g/mol. The number of rotatable bonds is 9. The molecule has 0 atom stereocenters. The quantitative estimate of drug-likeness (QED) is 0.376. The fourth-order valence-corrected chi connectivity index (χ4v) is 2.82. The molecule has 170 valence electrons. The zero-order valence-corrected chi connectivity index (χ0v) is 18.1. The minimum absolute atomic E-state index is 0.112. The smallest absolute Gasteiger partial charge is 0.484 e. The topological polar surface area (TPSA) is 103 Å². The summed E-state index contributed by atoms with van der Waals surface area (Å²) in [5.74, 6) is 0.255. The van der Waals surface area contributed by atoms with Crippen LogP contribution in [0.15, 0.2) is 78.9 Å². The number of carbonyl (C=O) groups excluding carboxylic acids is 3. The van der Waals surface area contributed by atoms with Crippen LogP contribution >= 0.6 is 0 Å². The summed E-state index contributed by atoms with van der Waals surface area (Å²) < 4.78 is 15.1. The zero-order valence-electron chi connectivity index (χ0n) is 18.1. The number of amides is 2. The van der Waals surface area contributed by atoms with Gasteiger partial charge in [-0.05, 0) is 55.0 Å². The van der Waals surface area contributed by atoms with Crippen molar-refractivity contribution in [3.05, 3.63) is 90.0 Å². The van der Waals surface area contributed by atoms with E-state index in [0.717, 1.165) is 5.56 Å². The second-order valence-electron chi connectivity index (χ2n) is 6.80. The number of hydrogen-bond donors (Lipinski definition) is 2. The van der Waals surface area contributed by atoms with E-state index in [0.29, 0.717) is 17.0 Å². The minimum atomic E-state index is -0.806. The van der Waals surface area contributed by atoms with Gasteiger partial charge in [-0.2, -0.15) is 0 Å². The predicted octanol–water partition coefficient (Wildman–Crippen LogP) is 4.17. The summed E-state index contributed by atoms with van der Waals surface area (Å²) >= 11 is 0. The van der Waals surface area contributed by atoms with E-state index in [9.17, 15) is 14.4 Å². The molecule has 2 N–H and O–H groups in total. The lowest BCUT2D eigenvalue weighted by Crippen LogP contribution is -2.28. The van der Waals surface area contributed by atoms with E-state index in [2.05, 4.69) is 10.6 Å². The molecule has 3 aromatic carbocycles. The molecule has 8 heteroatoms. The zero-order chi connectivity index (χ0) is 23.5. The Hall–Kier alpha value is -4.33. The lowest BCUT2D eigenvalue weighted by molar-refractivity contribution is -0.123. The van der Waals surface area contributed by atoms with Crippen LogP contribution in [0.25, 0.3) is 0 Å². The van der Waals surface area contributed by atoms with Gasteiger partial charge in [0, 0.05) is 17.8 Å². The molecule has 0 spiro atoms. The Bertz CT molecular complexity index is 1080. The lowest BCUT2D eigenvalue weighted by Gasteiger charge is -2.13. The summed E-state index contributed by atoms with van der Waals surface area (Å²) in [5.41, 5.74) is 1.68. The normalized spacial score (nSPS) is 10.1. The van der Waals surface area contributed by atoms with E-state index in [4.69, 9.17) is 14.2 Å². The van der Waals surface area contributed by atoms with Crippen LogP contribution in [0.2, 0.25) is 0 Å². The van der Waals surface area contributed by atoms with Crippen LogP contribution < -0.4 is 20.1 Å². The van der Waals surface area contributed by atoms with E-state index in [-0.39, 0.29) is 37.3 Å². The molecule has 0 aliphatic heterocycles. The standard InChI is InChI=1S/C25H24N2O6/c1-2-31-25(30)33-21-14-12-18(13-15-21)24(29)27-22-11-7-6-8-19(22)16-26-23(28)17-32-20-9-4-3-5-10-20/h3-15H,2,16-17H2,1H3,(H,26,28)(H,27,29). The summed E-state index contributed by atoms with van der Waals surface area (Å²) in [5, 5.41) is 5.62. The number of carbonyl (C=O) groups is 3. The van der Waals surface area contributed by atoms with Gasteiger partial charge in [0.1, 0.15) is 11.5 Å². The molecule has 0 saturated carbocycles. The van der Waals surface area contributed by atoms with Crippen molar-refractivity contribution < 1.29 is 28.6 Å². The second kappa shape index (κ2) is 11.9. The van der Waals surface area contributed by atoms with Crippen molar-refractivity contribution >= 4 is 23.7 Å². The van der Waals surface area contributed by atoms with E-state index in [1.165, 1.54) is 24.3 Å². The molecule has 0 bridgehead atoms. The number of para-hydroxylation sites is 2. The van der Waals surface area contributed by atoms with E-state index in [1.54, 1.807) is 31.2 Å². The molecule has 0 saturated heterocycles. The van der Waals surface area contributed by atoms with Crippen LogP contribution in [-0.4, -0.2) is 31.2 Å². The van der Waals surface area contributed by atoms with Crippen LogP contribution in [-0.2, 0) is 16.1 Å². The summed E-state index contributed by atoms with van der Waals surface area (Å²) in [6.45, 7) is 1.99. The van der Waals surface area contributed by atoms with Gasteiger partial charge in [-0.15, -0.1) is 0 Å². The molecule has 0 unspecified atom stereocenters. The first-order valence-corrected chi connectivity index (χ1v) is 10.3. The first-order chi connectivity index (χ1) is 16.0. The highest BCUT2D eigenvalue weighted by atomic mass is 16.7. The van der Waals surface area contributed by atoms with Crippen LogP contribution in [0.4, 0.5) is 10.5 Å². The van der Waals surface area contributed by atoms with Crippen LogP contribution in [0.3, 0.4) is 0 Å². The fraction of sp³-hybridized carbons (Fsp3) is 0.160. The first kappa shape index (κ1) is 23.3. The van der Waals surface area contributed by atoms with Gasteiger partial charge < -0.3 is 24.8 Å². The highest BCUT2D eigenvalue weighted by molar-refractivity contribution is 6.04. The van der Waals surface area contributed by atoms with E-state index >= 15 is 0 Å². The highest BCUT2D eigenvalue weighted by Crippen LogP contribution is 2.18. The average Bonchev–Trinajstić information content (AvgIpc) is 2.83. The van der Waals surface area contributed by atoms with Crippen molar-refractivity contribution in [2.24, 2.45) is 0 Å². The Kier molecular flexibility index (Phi) is 8.41. The maximum atomic E-state index is 12.6. The predicted molar refractivity (Wildman–Crippen MR) is 122 cm³/mol. The molecule has 8 nitrogen and oxygen atoms in total. The third-order valence-electron chi connectivity index (χ3n) is 4.43. The molecule has 3 rings (SSSR count). The lowest BCUT2D eigenvalue weighted by atomic mass is 10.1. The summed E-state index contributed by atoms with van der Waals surface area (Å²) in [4.78, 5) is 36.1. The van der Waals surface area contributed by atoms with Gasteiger partial charge in [-0.1, -0.05) is 36.4 Å². The van der Waals surface area contributed by atoms with Crippen molar-refractivity contribution in [2.75, 3.05) is 18.5 Å². The van der Waals surface area contributed by atoms with E-state index in [1.807, 2.05) is 30.3 Å². The van der Waals surface area contributed by atoms with Gasteiger partial charge >= 0.3 is 6.16 Å². The minimum Gasteiger partial charge on any atom is -0.484 e. The van der Waals surface area contributed by atoms with Crippen molar-refractivity contribution in [2.45, 2.75) is 13.5 Å². The van der Waals surface area contributed by atoms with Crippen molar-refractivity contribution in [3.8, 4) is 11.5 Å². The summed E-state index contributed by atoms with van der Waals surface area (Å²) in [6.07, 6.45) is -0.806. The third kappa shape index (κ3) is 7.39. The average molecular weight is 448 g/mol. The molecular formula is C25H24N2O6. The molecule has 33 heavy (non-hydrogen) atoms.